The molecule has 0 bridgehead atoms. The van der Waals surface area contributed by atoms with Gasteiger partial charge in [0.2, 0.25) is 0 Å². The molecule has 0 unspecified atom stereocenters. The lowest BCUT2D eigenvalue weighted by molar-refractivity contribution is 0.102. The molecule has 0 saturated heterocycles. The highest BCUT2D eigenvalue weighted by Crippen LogP contribution is 2.23. The maximum atomic E-state index is 12.8. The number of anilines is 3. The molecular formula is C27H25N3O5S2. The molecule has 0 radical (unpaired) electrons. The molecular weight excluding hydrogens is 510 g/mol. The minimum Gasteiger partial charge on any atom is -0.322 e. The van der Waals surface area contributed by atoms with Gasteiger partial charge in [-0.15, -0.1) is 0 Å². The van der Waals surface area contributed by atoms with Crippen LogP contribution in [-0.4, -0.2) is 22.7 Å². The van der Waals surface area contributed by atoms with E-state index >= 15 is 0 Å². The van der Waals surface area contributed by atoms with E-state index in [0.29, 0.717) is 28.2 Å². The molecule has 0 atom stereocenters. The van der Waals surface area contributed by atoms with Crippen LogP contribution in [0.1, 0.15) is 21.5 Å². The quantitative estimate of drug-likeness (QED) is 0.288. The van der Waals surface area contributed by atoms with Crippen molar-refractivity contribution in [3.8, 4) is 0 Å². The Kier molecular flexibility index (Phi) is 7.33. The number of rotatable bonds is 8. The molecule has 8 nitrogen and oxygen atoms in total. The van der Waals surface area contributed by atoms with Gasteiger partial charge in [-0.2, -0.15) is 0 Å². The lowest BCUT2D eigenvalue weighted by atomic mass is 10.1. The van der Waals surface area contributed by atoms with E-state index in [4.69, 9.17) is 0 Å². The molecule has 0 aliphatic heterocycles. The topological polar surface area (TPSA) is 121 Å². The first-order chi connectivity index (χ1) is 17.5. The Morgan fingerprint density at radius 1 is 0.595 bits per heavy atom. The van der Waals surface area contributed by atoms with Gasteiger partial charge >= 0.3 is 0 Å². The maximum Gasteiger partial charge on any atom is 0.261 e. The number of nitrogens with one attached hydrogen (secondary N) is 3. The van der Waals surface area contributed by atoms with E-state index in [1.54, 1.807) is 43.3 Å². The zero-order chi connectivity index (χ0) is 26.6. The fraction of sp³-hybridized carbons (Fsp3) is 0.0741. The highest BCUT2D eigenvalue weighted by molar-refractivity contribution is 7.93. The first kappa shape index (κ1) is 25.9. The summed E-state index contributed by atoms with van der Waals surface area (Å²) in [6.45, 7) is 3.50. The highest BCUT2D eigenvalue weighted by Gasteiger charge is 2.17. The highest BCUT2D eigenvalue weighted by atomic mass is 32.2. The predicted molar refractivity (Wildman–Crippen MR) is 145 cm³/mol. The third kappa shape index (κ3) is 6.16. The second-order valence-electron chi connectivity index (χ2n) is 8.35. The normalized spacial score (nSPS) is 11.5. The molecule has 1 amide bonds. The van der Waals surface area contributed by atoms with Crippen molar-refractivity contribution in [2.24, 2.45) is 0 Å². The first-order valence-electron chi connectivity index (χ1n) is 11.2. The summed E-state index contributed by atoms with van der Waals surface area (Å²) < 4.78 is 55.7. The van der Waals surface area contributed by atoms with E-state index in [9.17, 15) is 21.6 Å². The number of carbonyl (C=O) groups excluding carboxylic acids is 1. The van der Waals surface area contributed by atoms with Gasteiger partial charge in [0, 0.05) is 11.3 Å². The number of benzene rings is 4. The van der Waals surface area contributed by atoms with E-state index in [2.05, 4.69) is 14.8 Å². The minimum atomic E-state index is -3.80. The molecule has 0 fully saturated rings. The Bertz CT molecular complexity index is 1650. The third-order valence-corrected chi connectivity index (χ3v) is 8.36. The average Bonchev–Trinajstić information content (AvgIpc) is 2.87. The van der Waals surface area contributed by atoms with Crippen LogP contribution in [0.2, 0.25) is 0 Å². The molecule has 190 valence electrons. The number of sulfonamides is 2. The molecule has 37 heavy (non-hydrogen) atoms. The van der Waals surface area contributed by atoms with E-state index in [1.807, 2.05) is 19.1 Å². The molecule has 4 aromatic rings. The largest absolute Gasteiger partial charge is 0.322 e. The van der Waals surface area contributed by atoms with Gasteiger partial charge in [0.25, 0.3) is 26.0 Å². The summed E-state index contributed by atoms with van der Waals surface area (Å²) in [6, 6.07) is 25.5. The van der Waals surface area contributed by atoms with Crippen molar-refractivity contribution in [3.05, 3.63) is 114 Å². The lowest BCUT2D eigenvalue weighted by Crippen LogP contribution is -2.16. The zero-order valence-corrected chi connectivity index (χ0v) is 21.7. The molecule has 0 saturated carbocycles. The molecule has 10 heteroatoms. The Labute approximate surface area is 216 Å². The van der Waals surface area contributed by atoms with E-state index in [0.717, 1.165) is 5.56 Å². The summed E-state index contributed by atoms with van der Waals surface area (Å²) >= 11 is 0. The smallest absolute Gasteiger partial charge is 0.261 e. The van der Waals surface area contributed by atoms with E-state index in [1.165, 1.54) is 48.5 Å². The molecule has 3 N–H and O–H groups in total. The molecule has 0 aliphatic carbocycles. The van der Waals surface area contributed by atoms with Crippen molar-refractivity contribution in [3.63, 3.8) is 0 Å². The van der Waals surface area contributed by atoms with Gasteiger partial charge in [-0.25, -0.2) is 16.8 Å². The van der Waals surface area contributed by atoms with Crippen LogP contribution < -0.4 is 14.8 Å². The van der Waals surface area contributed by atoms with Crippen LogP contribution in [0.15, 0.2) is 107 Å². The number of hydrogen-bond donors (Lipinski definition) is 3. The summed E-state index contributed by atoms with van der Waals surface area (Å²) in [5, 5.41) is 2.72. The van der Waals surface area contributed by atoms with Crippen LogP contribution >= 0.6 is 0 Å². The second kappa shape index (κ2) is 10.5. The third-order valence-electron chi connectivity index (χ3n) is 5.60. The van der Waals surface area contributed by atoms with Crippen LogP contribution in [0.25, 0.3) is 0 Å². The first-order valence-corrected chi connectivity index (χ1v) is 14.2. The summed E-state index contributed by atoms with van der Waals surface area (Å²) in [5.41, 5.74) is 2.94. The van der Waals surface area contributed by atoms with Crippen molar-refractivity contribution in [2.45, 2.75) is 23.6 Å². The van der Waals surface area contributed by atoms with Crippen LogP contribution in [0, 0.1) is 13.8 Å². The average molecular weight is 536 g/mol. The summed E-state index contributed by atoms with van der Waals surface area (Å²) in [7, 11) is -7.56. The van der Waals surface area contributed by atoms with Crippen molar-refractivity contribution < 1.29 is 21.6 Å². The molecule has 0 aromatic heterocycles. The van der Waals surface area contributed by atoms with Gasteiger partial charge in [0.1, 0.15) is 0 Å². The lowest BCUT2D eigenvalue weighted by Gasteiger charge is -2.13. The Hall–Kier alpha value is -4.15. The molecule has 0 spiro atoms. The Morgan fingerprint density at radius 3 is 1.73 bits per heavy atom. The van der Waals surface area contributed by atoms with Crippen molar-refractivity contribution in [2.75, 3.05) is 14.8 Å². The molecule has 0 aliphatic rings. The number of para-hydroxylation sites is 1. The van der Waals surface area contributed by atoms with Crippen molar-refractivity contribution >= 4 is 43.0 Å². The van der Waals surface area contributed by atoms with E-state index < -0.39 is 26.0 Å². The summed E-state index contributed by atoms with van der Waals surface area (Å²) in [5.74, 6) is -0.422. The number of hydrogen-bond acceptors (Lipinski definition) is 5. The Balaban J connectivity index is 1.44. The van der Waals surface area contributed by atoms with Crippen LogP contribution in [0.5, 0.6) is 0 Å². The summed E-state index contributed by atoms with van der Waals surface area (Å²) in [4.78, 5) is 13.0. The van der Waals surface area contributed by atoms with Gasteiger partial charge in [-0.1, -0.05) is 36.4 Å². The second-order valence-corrected chi connectivity index (χ2v) is 11.7. The van der Waals surface area contributed by atoms with Crippen molar-refractivity contribution in [1.82, 2.24) is 0 Å². The van der Waals surface area contributed by atoms with Crippen LogP contribution in [0.4, 0.5) is 17.1 Å². The monoisotopic (exact) mass is 535 g/mol. The predicted octanol–water partition coefficient (Wildman–Crippen LogP) is 5.16. The zero-order valence-electron chi connectivity index (χ0n) is 20.1. The number of aryl methyl sites for hydroxylation is 2. The Morgan fingerprint density at radius 2 is 1.14 bits per heavy atom. The molecule has 0 heterocycles. The fourth-order valence-electron chi connectivity index (χ4n) is 3.53. The van der Waals surface area contributed by atoms with E-state index in [-0.39, 0.29) is 9.79 Å². The number of amides is 1. The van der Waals surface area contributed by atoms with Gasteiger partial charge < -0.3 is 5.32 Å². The van der Waals surface area contributed by atoms with Gasteiger partial charge in [0.15, 0.2) is 0 Å². The van der Waals surface area contributed by atoms with Gasteiger partial charge in [-0.05, 0) is 85.6 Å². The molecule has 4 rings (SSSR count). The standard InChI is InChI=1S/C27H25N3O5S2/c1-19-8-6-7-11-25(19)29-37(34,35)24-15-13-22(14-16-24)28-27(31)21-12-17-26(20(2)18-21)30-36(32,33)23-9-4-3-5-10-23/h3-18,29-30H,1-2H3,(H,28,31). The fourth-order valence-corrected chi connectivity index (χ4v) is 5.82. The summed E-state index contributed by atoms with van der Waals surface area (Å²) in [6.07, 6.45) is 0. The van der Waals surface area contributed by atoms with Gasteiger partial charge in [0.05, 0.1) is 21.2 Å². The molecule has 4 aromatic carbocycles. The maximum absolute atomic E-state index is 12.8. The SMILES string of the molecule is Cc1ccccc1NS(=O)(=O)c1ccc(NC(=O)c2ccc(NS(=O)(=O)c3ccccc3)c(C)c2)cc1. The minimum absolute atomic E-state index is 0.0552. The van der Waals surface area contributed by atoms with Crippen LogP contribution in [0.3, 0.4) is 0 Å². The van der Waals surface area contributed by atoms with Crippen LogP contribution in [-0.2, 0) is 20.0 Å². The van der Waals surface area contributed by atoms with Crippen molar-refractivity contribution in [1.29, 1.82) is 0 Å². The number of carbonyl (C=O) groups is 1. The van der Waals surface area contributed by atoms with Gasteiger partial charge in [-0.3, -0.25) is 14.2 Å².